The zero-order valence-corrected chi connectivity index (χ0v) is 11.6. The molecule has 0 aliphatic carbocycles. The highest BCUT2D eigenvalue weighted by Crippen LogP contribution is 2.21. The molecule has 1 heterocycles. The first kappa shape index (κ1) is 16.3. The summed E-state index contributed by atoms with van der Waals surface area (Å²) in [7, 11) is -4.05. The second kappa shape index (κ2) is 6.36. The highest BCUT2D eigenvalue weighted by molar-refractivity contribution is 7.86. The monoisotopic (exact) mass is 320 g/mol. The van der Waals surface area contributed by atoms with Gasteiger partial charge in [-0.15, -0.1) is 0 Å². The lowest BCUT2D eigenvalue weighted by molar-refractivity contribution is -0.285. The molecule has 1 aliphatic heterocycles. The fraction of sp³-hybridized carbons (Fsp3) is 0.500. The molecule has 0 aromatic heterocycles. The summed E-state index contributed by atoms with van der Waals surface area (Å²) in [5.74, 6) is 0. The Kier molecular flexibility index (Phi) is 4.94. The van der Waals surface area contributed by atoms with Crippen molar-refractivity contribution >= 4 is 10.1 Å². The van der Waals surface area contributed by atoms with Crippen molar-refractivity contribution in [2.24, 2.45) is 0 Å². The second-order valence-electron chi connectivity index (χ2n) is 4.59. The van der Waals surface area contributed by atoms with Crippen LogP contribution in [0.4, 0.5) is 0 Å². The minimum atomic E-state index is -4.05. The SMILES string of the molecule is O=S(=O)(OCC1OC(O)[C@@H](O)[C@@H](O)[C@@H]1O)c1ccccc1. The number of benzene rings is 1. The normalized spacial score (nSPS) is 33.8. The molecule has 0 amide bonds. The zero-order chi connectivity index (χ0) is 15.6. The maximum absolute atomic E-state index is 11.9. The largest absolute Gasteiger partial charge is 0.387 e. The van der Waals surface area contributed by atoms with Crippen molar-refractivity contribution in [3.63, 3.8) is 0 Å². The lowest BCUT2D eigenvalue weighted by Crippen LogP contribution is -2.58. The number of aliphatic hydroxyl groups is 4. The Hall–Kier alpha value is -1.07. The van der Waals surface area contributed by atoms with E-state index in [0.29, 0.717) is 0 Å². The third-order valence-electron chi connectivity index (χ3n) is 3.11. The van der Waals surface area contributed by atoms with E-state index < -0.39 is 47.4 Å². The smallest absolute Gasteiger partial charge is 0.297 e. The summed E-state index contributed by atoms with van der Waals surface area (Å²) < 4.78 is 33.3. The topological polar surface area (TPSA) is 134 Å². The van der Waals surface area contributed by atoms with Crippen molar-refractivity contribution in [2.45, 2.75) is 35.6 Å². The van der Waals surface area contributed by atoms with E-state index in [1.54, 1.807) is 6.07 Å². The molecule has 1 aliphatic rings. The van der Waals surface area contributed by atoms with E-state index in [1.807, 2.05) is 0 Å². The van der Waals surface area contributed by atoms with E-state index in [2.05, 4.69) is 0 Å². The van der Waals surface area contributed by atoms with Gasteiger partial charge in [-0.25, -0.2) is 0 Å². The summed E-state index contributed by atoms with van der Waals surface area (Å²) >= 11 is 0. The van der Waals surface area contributed by atoms with Gasteiger partial charge in [0.15, 0.2) is 6.29 Å². The number of hydrogen-bond acceptors (Lipinski definition) is 8. The Morgan fingerprint density at radius 3 is 2.24 bits per heavy atom. The summed E-state index contributed by atoms with van der Waals surface area (Å²) in [6.07, 6.45) is -7.97. The highest BCUT2D eigenvalue weighted by atomic mass is 32.2. The van der Waals surface area contributed by atoms with E-state index in [4.69, 9.17) is 8.92 Å². The van der Waals surface area contributed by atoms with Gasteiger partial charge in [-0.05, 0) is 12.1 Å². The zero-order valence-electron chi connectivity index (χ0n) is 10.8. The maximum Gasteiger partial charge on any atom is 0.297 e. The molecule has 0 saturated carbocycles. The van der Waals surface area contributed by atoms with Crippen LogP contribution in [0.25, 0.3) is 0 Å². The number of hydrogen-bond donors (Lipinski definition) is 4. The Morgan fingerprint density at radius 1 is 1.00 bits per heavy atom. The van der Waals surface area contributed by atoms with Gasteiger partial charge in [-0.3, -0.25) is 4.18 Å². The number of aliphatic hydroxyl groups excluding tert-OH is 4. The van der Waals surface area contributed by atoms with Crippen LogP contribution in [-0.4, -0.2) is 66.2 Å². The molecule has 0 spiro atoms. The van der Waals surface area contributed by atoms with Gasteiger partial charge in [0.25, 0.3) is 10.1 Å². The molecule has 1 aromatic rings. The van der Waals surface area contributed by atoms with Crippen LogP contribution in [0.1, 0.15) is 0 Å². The van der Waals surface area contributed by atoms with Gasteiger partial charge < -0.3 is 25.2 Å². The van der Waals surface area contributed by atoms with Crippen molar-refractivity contribution in [3.05, 3.63) is 30.3 Å². The van der Waals surface area contributed by atoms with Crippen LogP contribution >= 0.6 is 0 Å². The first-order valence-electron chi connectivity index (χ1n) is 6.15. The van der Waals surface area contributed by atoms with Crippen LogP contribution in [0, 0.1) is 0 Å². The summed E-state index contributed by atoms with van der Waals surface area (Å²) in [6, 6.07) is 7.35. The van der Waals surface area contributed by atoms with Crippen LogP contribution in [0.3, 0.4) is 0 Å². The molecule has 4 N–H and O–H groups in total. The van der Waals surface area contributed by atoms with E-state index in [0.717, 1.165) is 0 Å². The molecule has 0 bridgehead atoms. The lowest BCUT2D eigenvalue weighted by atomic mass is 10.00. The van der Waals surface area contributed by atoms with Gasteiger partial charge in [0.05, 0.1) is 11.5 Å². The van der Waals surface area contributed by atoms with Crippen molar-refractivity contribution < 1.29 is 37.8 Å². The van der Waals surface area contributed by atoms with E-state index in [1.165, 1.54) is 24.3 Å². The summed E-state index contributed by atoms with van der Waals surface area (Å²) in [5, 5.41) is 37.8. The molecule has 5 atom stereocenters. The fourth-order valence-electron chi connectivity index (χ4n) is 1.88. The van der Waals surface area contributed by atoms with Gasteiger partial charge in [0.1, 0.15) is 24.4 Å². The standard InChI is InChI=1S/C12H16O8S/c13-9-8(20-12(16)11(15)10(9)14)6-19-21(17,18)7-4-2-1-3-5-7/h1-5,8-16H,6H2/t8?,9-,10+,11+,12?/m1/s1. The molecule has 1 fully saturated rings. The van der Waals surface area contributed by atoms with Gasteiger partial charge in [0.2, 0.25) is 0 Å². The van der Waals surface area contributed by atoms with Gasteiger partial charge in [-0.2, -0.15) is 8.42 Å². The van der Waals surface area contributed by atoms with Crippen LogP contribution in [-0.2, 0) is 19.0 Å². The van der Waals surface area contributed by atoms with E-state index in [9.17, 15) is 28.8 Å². The quantitative estimate of drug-likeness (QED) is 0.477. The van der Waals surface area contributed by atoms with Crippen molar-refractivity contribution in [1.29, 1.82) is 0 Å². The predicted molar refractivity (Wildman–Crippen MR) is 68.5 cm³/mol. The second-order valence-corrected chi connectivity index (χ2v) is 6.20. The third kappa shape index (κ3) is 3.58. The summed E-state index contributed by atoms with van der Waals surface area (Å²) in [4.78, 5) is -0.0727. The Bertz CT molecular complexity index is 560. The first-order chi connectivity index (χ1) is 9.83. The predicted octanol–water partition coefficient (Wildman–Crippen LogP) is -1.81. The molecular weight excluding hydrogens is 304 g/mol. The third-order valence-corrected chi connectivity index (χ3v) is 4.40. The van der Waals surface area contributed by atoms with Gasteiger partial charge in [0, 0.05) is 0 Å². The molecule has 1 saturated heterocycles. The van der Waals surface area contributed by atoms with Crippen LogP contribution in [0.2, 0.25) is 0 Å². The van der Waals surface area contributed by atoms with E-state index in [-0.39, 0.29) is 4.90 Å². The fourth-order valence-corrected chi connectivity index (χ4v) is 2.82. The molecule has 0 radical (unpaired) electrons. The first-order valence-corrected chi connectivity index (χ1v) is 7.56. The number of ether oxygens (including phenoxy) is 1. The molecule has 9 heteroatoms. The van der Waals surface area contributed by atoms with Crippen molar-refractivity contribution in [2.75, 3.05) is 6.61 Å². The molecule has 21 heavy (non-hydrogen) atoms. The minimum Gasteiger partial charge on any atom is -0.387 e. The number of rotatable bonds is 4. The van der Waals surface area contributed by atoms with Crippen molar-refractivity contribution in [1.82, 2.24) is 0 Å². The summed E-state index contributed by atoms with van der Waals surface area (Å²) in [6.45, 7) is -0.612. The molecular formula is C12H16O8S. The van der Waals surface area contributed by atoms with Gasteiger partial charge in [-0.1, -0.05) is 18.2 Å². The van der Waals surface area contributed by atoms with Crippen LogP contribution in [0.5, 0.6) is 0 Å². The molecule has 2 rings (SSSR count). The molecule has 1 aromatic carbocycles. The Labute approximate surface area is 121 Å². The van der Waals surface area contributed by atoms with E-state index >= 15 is 0 Å². The Morgan fingerprint density at radius 2 is 1.62 bits per heavy atom. The lowest BCUT2D eigenvalue weighted by Gasteiger charge is -2.37. The average Bonchev–Trinajstić information content (AvgIpc) is 2.48. The molecule has 118 valence electrons. The Balaban J connectivity index is 2.03. The maximum atomic E-state index is 11.9. The van der Waals surface area contributed by atoms with Crippen molar-refractivity contribution in [3.8, 4) is 0 Å². The molecule has 8 nitrogen and oxygen atoms in total. The molecule has 2 unspecified atom stereocenters. The average molecular weight is 320 g/mol. The highest BCUT2D eigenvalue weighted by Gasteiger charge is 2.43. The van der Waals surface area contributed by atoms with Crippen LogP contribution < -0.4 is 0 Å². The minimum absolute atomic E-state index is 0.0727. The summed E-state index contributed by atoms with van der Waals surface area (Å²) in [5.41, 5.74) is 0. The van der Waals surface area contributed by atoms with Gasteiger partial charge >= 0.3 is 0 Å². The van der Waals surface area contributed by atoms with Crippen LogP contribution in [0.15, 0.2) is 35.2 Å².